The Morgan fingerprint density at radius 2 is 1.90 bits per heavy atom. The summed E-state index contributed by atoms with van der Waals surface area (Å²) in [5, 5.41) is 1.91. The first-order valence-electron chi connectivity index (χ1n) is 10.6. The number of hydrogen-bond acceptors (Lipinski definition) is 3. The highest BCUT2D eigenvalue weighted by Crippen LogP contribution is 2.44. The molecule has 1 saturated heterocycles. The van der Waals surface area contributed by atoms with Crippen LogP contribution in [0.15, 0.2) is 24.3 Å². The minimum Gasteiger partial charge on any atom is -0.356 e. The molecule has 1 aromatic carbocycles. The Balaban J connectivity index is 1.62. The zero-order chi connectivity index (χ0) is 21.5. The molecule has 2 fully saturated rings. The van der Waals surface area contributed by atoms with Gasteiger partial charge in [-0.1, -0.05) is 18.6 Å². The lowest BCUT2D eigenvalue weighted by atomic mass is 9.97. The number of rotatable bonds is 5. The van der Waals surface area contributed by atoms with Crippen molar-refractivity contribution < 1.29 is 22.4 Å². The molecule has 4 rings (SSSR count). The first-order valence-corrected chi connectivity index (χ1v) is 10.6. The Hall–Kier alpha value is -2.09. The van der Waals surface area contributed by atoms with Crippen molar-refractivity contribution in [2.24, 2.45) is 5.92 Å². The first-order chi connectivity index (χ1) is 14.2. The predicted molar refractivity (Wildman–Crippen MR) is 105 cm³/mol. The highest BCUT2D eigenvalue weighted by atomic mass is 19.4. The number of nitrogens with one attached hydrogen (secondary N) is 1. The molecule has 1 amide bonds. The summed E-state index contributed by atoms with van der Waals surface area (Å²) < 4.78 is 54.6. The summed E-state index contributed by atoms with van der Waals surface area (Å²) in [5.41, 5.74) is 1.03. The van der Waals surface area contributed by atoms with Gasteiger partial charge in [0.15, 0.2) is 0 Å². The molecule has 30 heavy (non-hydrogen) atoms. The topological polar surface area (TPSA) is 35.6 Å². The van der Waals surface area contributed by atoms with Crippen LogP contribution in [0.5, 0.6) is 0 Å². The second kappa shape index (κ2) is 7.87. The van der Waals surface area contributed by atoms with Crippen LogP contribution >= 0.6 is 0 Å². The lowest BCUT2D eigenvalue weighted by Gasteiger charge is -2.40. The second-order valence-corrected chi connectivity index (χ2v) is 8.77. The molecule has 0 radical (unpaired) electrons. The van der Waals surface area contributed by atoms with Crippen molar-refractivity contribution in [1.82, 2.24) is 15.3 Å². The summed E-state index contributed by atoms with van der Waals surface area (Å²) in [4.78, 5) is 15.1. The fourth-order valence-electron chi connectivity index (χ4n) is 4.33. The Kier molecular flexibility index (Phi) is 5.55. The van der Waals surface area contributed by atoms with E-state index < -0.39 is 23.1 Å². The van der Waals surface area contributed by atoms with Crippen LogP contribution in [0.3, 0.4) is 0 Å². The van der Waals surface area contributed by atoms with Crippen LogP contribution in [0.4, 0.5) is 17.6 Å². The van der Waals surface area contributed by atoms with Gasteiger partial charge in [-0.3, -0.25) is 10.2 Å². The maximum atomic E-state index is 14.9. The molecule has 0 bridgehead atoms. The van der Waals surface area contributed by atoms with E-state index in [1.54, 1.807) is 13.0 Å². The van der Waals surface area contributed by atoms with Crippen LogP contribution in [0.25, 0.3) is 5.70 Å². The van der Waals surface area contributed by atoms with Gasteiger partial charge >= 0.3 is 6.18 Å². The van der Waals surface area contributed by atoms with Crippen LogP contribution in [0.2, 0.25) is 0 Å². The maximum Gasteiger partial charge on any atom is 0.419 e. The normalized spacial score (nSPS) is 25.4. The average molecular weight is 425 g/mol. The quantitative estimate of drug-likeness (QED) is 0.702. The molecular weight excluding hydrogens is 398 g/mol. The summed E-state index contributed by atoms with van der Waals surface area (Å²) in [6, 6.07) is 3.34. The SMILES string of the molecule is CC1(C(=O)NN2CCCCC2)CC=C(c2cccc(C(F)(F)F)c2F)N1CC1CC1. The minimum absolute atomic E-state index is 0.0972. The summed E-state index contributed by atoms with van der Waals surface area (Å²) >= 11 is 0. The number of carbonyl (C=O) groups excluding carboxylic acids is 1. The number of benzene rings is 1. The third-order valence-electron chi connectivity index (χ3n) is 6.40. The molecule has 4 nitrogen and oxygen atoms in total. The van der Waals surface area contributed by atoms with E-state index in [0.717, 1.165) is 51.3 Å². The monoisotopic (exact) mass is 425 g/mol. The van der Waals surface area contributed by atoms with E-state index in [1.165, 1.54) is 12.1 Å². The van der Waals surface area contributed by atoms with Gasteiger partial charge in [0.05, 0.1) is 5.56 Å². The van der Waals surface area contributed by atoms with Gasteiger partial charge in [-0.25, -0.2) is 9.40 Å². The predicted octanol–water partition coefficient (Wildman–Crippen LogP) is 4.58. The van der Waals surface area contributed by atoms with Crippen molar-refractivity contribution in [2.75, 3.05) is 19.6 Å². The molecule has 0 aromatic heterocycles. The van der Waals surface area contributed by atoms with E-state index in [0.29, 0.717) is 24.6 Å². The van der Waals surface area contributed by atoms with Crippen molar-refractivity contribution in [3.05, 3.63) is 41.2 Å². The van der Waals surface area contributed by atoms with Crippen molar-refractivity contribution >= 4 is 11.6 Å². The van der Waals surface area contributed by atoms with Crippen molar-refractivity contribution in [1.29, 1.82) is 0 Å². The molecule has 1 aliphatic carbocycles. The van der Waals surface area contributed by atoms with Gasteiger partial charge in [-0.2, -0.15) is 13.2 Å². The van der Waals surface area contributed by atoms with Crippen LogP contribution in [-0.2, 0) is 11.0 Å². The lowest BCUT2D eigenvalue weighted by molar-refractivity contribution is -0.140. The molecule has 1 N–H and O–H groups in total. The number of nitrogens with zero attached hydrogens (tertiary/aromatic N) is 2. The van der Waals surface area contributed by atoms with E-state index in [2.05, 4.69) is 5.43 Å². The number of hydrogen-bond donors (Lipinski definition) is 1. The molecule has 1 aromatic rings. The molecule has 164 valence electrons. The largest absolute Gasteiger partial charge is 0.419 e. The van der Waals surface area contributed by atoms with Gasteiger partial charge in [0.2, 0.25) is 0 Å². The van der Waals surface area contributed by atoms with Crippen molar-refractivity contribution in [3.8, 4) is 0 Å². The third-order valence-corrected chi connectivity index (χ3v) is 6.40. The molecule has 0 spiro atoms. The Labute approximate surface area is 173 Å². The second-order valence-electron chi connectivity index (χ2n) is 8.77. The Morgan fingerprint density at radius 3 is 2.53 bits per heavy atom. The van der Waals surface area contributed by atoms with Crippen LogP contribution in [-0.4, -0.2) is 41.0 Å². The number of carbonyl (C=O) groups is 1. The van der Waals surface area contributed by atoms with Gasteiger partial charge in [0.1, 0.15) is 11.4 Å². The summed E-state index contributed by atoms with van der Waals surface area (Å²) in [5.74, 6) is -1.09. The van der Waals surface area contributed by atoms with Gasteiger partial charge in [0.25, 0.3) is 5.91 Å². The number of hydrazine groups is 1. The highest BCUT2D eigenvalue weighted by molar-refractivity contribution is 5.90. The fourth-order valence-corrected chi connectivity index (χ4v) is 4.33. The van der Waals surface area contributed by atoms with E-state index in [1.807, 2.05) is 9.91 Å². The highest BCUT2D eigenvalue weighted by Gasteiger charge is 2.47. The zero-order valence-corrected chi connectivity index (χ0v) is 17.1. The Bertz CT molecular complexity index is 843. The molecule has 1 unspecified atom stereocenters. The molecule has 3 aliphatic rings. The van der Waals surface area contributed by atoms with E-state index in [4.69, 9.17) is 0 Å². The molecule has 8 heteroatoms. The zero-order valence-electron chi connectivity index (χ0n) is 17.1. The molecule has 2 aliphatic heterocycles. The van der Waals surface area contributed by atoms with Crippen LogP contribution in [0.1, 0.15) is 56.6 Å². The average Bonchev–Trinajstić information content (AvgIpc) is 3.46. The number of alkyl halides is 3. The van der Waals surface area contributed by atoms with Gasteiger partial charge in [-0.15, -0.1) is 0 Å². The summed E-state index contributed by atoms with van der Waals surface area (Å²) in [7, 11) is 0. The van der Waals surface area contributed by atoms with E-state index in [-0.39, 0.29) is 11.5 Å². The molecule has 1 saturated carbocycles. The standard InChI is InChI=1S/C22H27F4N3O/c1-21(20(30)27-28-12-3-2-4-13-28)11-10-18(29(21)14-15-8-9-15)16-6-5-7-17(19(16)23)22(24,25)26/h5-7,10,15H,2-4,8-9,11-14H2,1H3,(H,27,30). The van der Waals surface area contributed by atoms with Crippen molar-refractivity contribution in [2.45, 2.75) is 57.2 Å². The summed E-state index contributed by atoms with van der Waals surface area (Å²) in [6.45, 7) is 3.90. The summed E-state index contributed by atoms with van der Waals surface area (Å²) in [6.07, 6.45) is 2.45. The third kappa shape index (κ3) is 4.06. The van der Waals surface area contributed by atoms with E-state index in [9.17, 15) is 22.4 Å². The van der Waals surface area contributed by atoms with E-state index >= 15 is 0 Å². The number of halogens is 4. The number of amides is 1. The number of piperidine rings is 1. The van der Waals surface area contributed by atoms with Crippen LogP contribution in [0, 0.1) is 11.7 Å². The van der Waals surface area contributed by atoms with Gasteiger partial charge in [0, 0.05) is 30.9 Å². The minimum atomic E-state index is -4.77. The van der Waals surface area contributed by atoms with Crippen molar-refractivity contribution in [3.63, 3.8) is 0 Å². The first kappa shape index (κ1) is 21.2. The molecular formula is C22H27F4N3O. The maximum absolute atomic E-state index is 14.9. The molecule has 1 atom stereocenters. The molecule has 2 heterocycles. The van der Waals surface area contributed by atoms with Gasteiger partial charge in [-0.05, 0) is 57.1 Å². The lowest BCUT2D eigenvalue weighted by Crippen LogP contribution is -2.58. The fraction of sp³-hybridized carbons (Fsp3) is 0.591. The Morgan fingerprint density at radius 1 is 1.20 bits per heavy atom. The smallest absolute Gasteiger partial charge is 0.356 e. The van der Waals surface area contributed by atoms with Gasteiger partial charge < -0.3 is 4.90 Å². The van der Waals surface area contributed by atoms with Crippen LogP contribution < -0.4 is 5.43 Å².